The van der Waals surface area contributed by atoms with Crippen molar-refractivity contribution in [1.82, 2.24) is 0 Å². The average molecular weight is 376 g/mol. The molecule has 3 rings (SSSR count). The van der Waals surface area contributed by atoms with Gasteiger partial charge in [-0.3, -0.25) is 9.69 Å². The fourth-order valence-electron chi connectivity index (χ4n) is 3.31. The molecular weight excluding hydrogens is 352 g/mol. The van der Waals surface area contributed by atoms with E-state index in [0.29, 0.717) is 17.2 Å². The zero-order valence-electron chi connectivity index (χ0n) is 16.6. The smallest absolute Gasteiger partial charge is 0.295 e. The van der Waals surface area contributed by atoms with Crippen LogP contribution in [-0.2, 0) is 4.79 Å². The summed E-state index contributed by atoms with van der Waals surface area (Å²) in [6.07, 6.45) is 1.68. The van der Waals surface area contributed by atoms with Crippen LogP contribution in [0.25, 0.3) is 6.08 Å². The second kappa shape index (κ2) is 7.77. The Balaban J connectivity index is 2.11. The number of carbonyl (C=O) groups excluding carboxylic acids is 1. The van der Waals surface area contributed by atoms with Crippen molar-refractivity contribution in [3.8, 4) is 17.6 Å². The number of anilines is 1. The summed E-state index contributed by atoms with van der Waals surface area (Å²) in [5, 5.41) is 19.7. The van der Waals surface area contributed by atoms with E-state index in [0.717, 1.165) is 16.7 Å². The number of hydrogen-bond donors (Lipinski definition) is 1. The Morgan fingerprint density at radius 1 is 1.14 bits per heavy atom. The fourth-order valence-corrected chi connectivity index (χ4v) is 3.31. The summed E-state index contributed by atoms with van der Waals surface area (Å²) in [5.74, 6) is 0.911. The minimum absolute atomic E-state index is 0.0549. The highest BCUT2D eigenvalue weighted by Gasteiger charge is 2.30. The number of carbonyl (C=O) groups is 1. The molecule has 1 aliphatic heterocycles. The Labute approximate surface area is 165 Å². The molecule has 1 heterocycles. The first-order chi connectivity index (χ1) is 13.3. The van der Waals surface area contributed by atoms with E-state index in [1.165, 1.54) is 4.90 Å². The van der Waals surface area contributed by atoms with Gasteiger partial charge in [0.15, 0.2) is 11.5 Å². The van der Waals surface area contributed by atoms with Crippen LogP contribution in [0.2, 0.25) is 0 Å². The van der Waals surface area contributed by atoms with Crippen molar-refractivity contribution in [2.24, 2.45) is 0 Å². The third kappa shape index (κ3) is 3.59. The van der Waals surface area contributed by atoms with Crippen molar-refractivity contribution >= 4 is 17.7 Å². The van der Waals surface area contributed by atoms with Gasteiger partial charge in [-0.1, -0.05) is 39.8 Å². The molecule has 1 aliphatic rings. The molecule has 1 N–H and O–H groups in total. The molecule has 5 heteroatoms. The number of rotatable bonds is 4. The molecule has 0 aromatic heterocycles. The SMILES string of the molecule is CC(C)c1cc(C=C2Oc3ccccc3N(CC#N)C2=O)cc(C(C)C)c1O. The van der Waals surface area contributed by atoms with Crippen LogP contribution in [0.1, 0.15) is 56.2 Å². The van der Waals surface area contributed by atoms with Crippen LogP contribution >= 0.6 is 0 Å². The van der Waals surface area contributed by atoms with Gasteiger partial charge in [0.25, 0.3) is 5.91 Å². The van der Waals surface area contributed by atoms with Crippen LogP contribution in [0, 0.1) is 11.3 Å². The summed E-state index contributed by atoms with van der Waals surface area (Å²) < 4.78 is 5.85. The van der Waals surface area contributed by atoms with Crippen LogP contribution in [-0.4, -0.2) is 17.6 Å². The van der Waals surface area contributed by atoms with E-state index in [1.54, 1.807) is 24.3 Å². The second-order valence-corrected chi connectivity index (χ2v) is 7.49. The molecule has 5 nitrogen and oxygen atoms in total. The maximum absolute atomic E-state index is 12.9. The number of nitrogens with zero attached hydrogens (tertiary/aromatic N) is 2. The van der Waals surface area contributed by atoms with Gasteiger partial charge >= 0.3 is 0 Å². The van der Waals surface area contributed by atoms with Gasteiger partial charge in [-0.25, -0.2) is 0 Å². The Morgan fingerprint density at radius 3 is 2.32 bits per heavy atom. The predicted molar refractivity (Wildman–Crippen MR) is 109 cm³/mol. The van der Waals surface area contributed by atoms with Crippen LogP contribution in [0.4, 0.5) is 5.69 Å². The Morgan fingerprint density at radius 2 is 1.75 bits per heavy atom. The minimum Gasteiger partial charge on any atom is -0.507 e. The zero-order chi connectivity index (χ0) is 20.4. The molecule has 0 atom stereocenters. The number of hydrogen-bond acceptors (Lipinski definition) is 4. The van der Waals surface area contributed by atoms with Gasteiger partial charge in [-0.2, -0.15) is 5.26 Å². The highest BCUT2D eigenvalue weighted by Crippen LogP contribution is 2.38. The van der Waals surface area contributed by atoms with E-state index >= 15 is 0 Å². The summed E-state index contributed by atoms with van der Waals surface area (Å²) in [7, 11) is 0. The first-order valence-corrected chi connectivity index (χ1v) is 9.37. The zero-order valence-corrected chi connectivity index (χ0v) is 16.6. The normalized spacial score (nSPS) is 15.0. The standard InChI is InChI=1S/C23H24N2O3/c1-14(2)17-11-16(12-18(15(3)4)22(17)26)13-21-23(27)25(10-9-24)19-7-5-6-8-20(19)28-21/h5-8,11-15,26H,10H2,1-4H3. The van der Waals surface area contributed by atoms with E-state index in [-0.39, 0.29) is 30.0 Å². The summed E-state index contributed by atoms with van der Waals surface area (Å²) in [6, 6.07) is 13.0. The number of para-hydroxylation sites is 2. The van der Waals surface area contributed by atoms with Crippen LogP contribution in [0.3, 0.4) is 0 Å². The summed E-state index contributed by atoms with van der Waals surface area (Å²) in [4.78, 5) is 14.3. The Kier molecular flexibility index (Phi) is 5.41. The van der Waals surface area contributed by atoms with Gasteiger partial charge in [0.05, 0.1) is 11.8 Å². The van der Waals surface area contributed by atoms with E-state index < -0.39 is 0 Å². The number of benzene rings is 2. The van der Waals surface area contributed by atoms with Gasteiger partial charge in [0, 0.05) is 0 Å². The molecule has 0 radical (unpaired) electrons. The molecule has 1 amide bonds. The van der Waals surface area contributed by atoms with Crippen molar-refractivity contribution < 1.29 is 14.6 Å². The van der Waals surface area contributed by atoms with Crippen molar-refractivity contribution in [1.29, 1.82) is 5.26 Å². The third-order valence-corrected chi connectivity index (χ3v) is 4.79. The maximum Gasteiger partial charge on any atom is 0.295 e. The number of phenolic OH excluding ortho intramolecular Hbond substituents is 1. The van der Waals surface area contributed by atoms with E-state index in [2.05, 4.69) is 0 Å². The molecule has 2 aromatic rings. The molecule has 0 saturated heterocycles. The van der Waals surface area contributed by atoms with E-state index in [4.69, 9.17) is 10.00 Å². The quantitative estimate of drug-likeness (QED) is 0.606. The summed E-state index contributed by atoms with van der Waals surface area (Å²) >= 11 is 0. The Hall–Kier alpha value is -3.26. The third-order valence-electron chi connectivity index (χ3n) is 4.79. The molecule has 0 fully saturated rings. The first kappa shape index (κ1) is 19.5. The lowest BCUT2D eigenvalue weighted by molar-refractivity contribution is -0.117. The number of phenols is 1. The number of fused-ring (bicyclic) bond motifs is 1. The van der Waals surface area contributed by atoms with Crippen LogP contribution in [0.5, 0.6) is 11.5 Å². The largest absolute Gasteiger partial charge is 0.507 e. The average Bonchev–Trinajstić information content (AvgIpc) is 2.65. The van der Waals surface area contributed by atoms with Gasteiger partial charge < -0.3 is 9.84 Å². The van der Waals surface area contributed by atoms with Crippen molar-refractivity contribution in [2.45, 2.75) is 39.5 Å². The predicted octanol–water partition coefficient (Wildman–Crippen LogP) is 4.93. The molecule has 0 unspecified atom stereocenters. The number of ether oxygens (including phenoxy) is 1. The topological polar surface area (TPSA) is 73.6 Å². The Bertz CT molecular complexity index is 955. The van der Waals surface area contributed by atoms with Crippen LogP contribution in [0.15, 0.2) is 42.2 Å². The molecule has 0 bridgehead atoms. The lowest BCUT2D eigenvalue weighted by Gasteiger charge is -2.28. The lowest BCUT2D eigenvalue weighted by Crippen LogP contribution is -2.37. The van der Waals surface area contributed by atoms with Gasteiger partial charge in [0.2, 0.25) is 0 Å². The van der Waals surface area contributed by atoms with Crippen molar-refractivity contribution in [3.05, 3.63) is 58.8 Å². The first-order valence-electron chi connectivity index (χ1n) is 9.37. The van der Waals surface area contributed by atoms with Gasteiger partial charge in [-0.15, -0.1) is 0 Å². The van der Waals surface area contributed by atoms with Gasteiger partial charge in [0.1, 0.15) is 12.3 Å². The second-order valence-electron chi connectivity index (χ2n) is 7.49. The molecule has 144 valence electrons. The minimum atomic E-state index is -0.356. The molecule has 28 heavy (non-hydrogen) atoms. The number of aromatic hydroxyl groups is 1. The molecule has 2 aromatic carbocycles. The fraction of sp³-hybridized carbons (Fsp3) is 0.304. The lowest BCUT2D eigenvalue weighted by atomic mass is 9.91. The van der Waals surface area contributed by atoms with Gasteiger partial charge in [-0.05, 0) is 58.9 Å². The van der Waals surface area contributed by atoms with E-state index in [1.807, 2.05) is 52.0 Å². The monoisotopic (exact) mass is 376 g/mol. The van der Waals surface area contributed by atoms with E-state index in [9.17, 15) is 9.90 Å². The van der Waals surface area contributed by atoms with Crippen LogP contribution < -0.4 is 9.64 Å². The highest BCUT2D eigenvalue weighted by molar-refractivity contribution is 6.10. The highest BCUT2D eigenvalue weighted by atomic mass is 16.5. The number of nitriles is 1. The maximum atomic E-state index is 12.9. The summed E-state index contributed by atoms with van der Waals surface area (Å²) in [6.45, 7) is 8.01. The molecule has 0 spiro atoms. The molecule has 0 aliphatic carbocycles. The number of amides is 1. The molecule has 0 saturated carbocycles. The van der Waals surface area contributed by atoms with Crippen molar-refractivity contribution in [3.63, 3.8) is 0 Å². The summed E-state index contributed by atoms with van der Waals surface area (Å²) in [5.41, 5.74) is 3.03. The molecular formula is C23H24N2O3. The van der Waals surface area contributed by atoms with Crippen molar-refractivity contribution in [2.75, 3.05) is 11.4 Å².